The van der Waals surface area contributed by atoms with Crippen LogP contribution in [0, 0.1) is 4.77 Å². The van der Waals surface area contributed by atoms with Crippen LogP contribution >= 0.6 is 12.2 Å². The molecule has 7 heteroatoms. The Morgan fingerprint density at radius 1 is 1.23 bits per heavy atom. The fraction of sp³-hybridized carbons (Fsp3) is 0.533. The third-order valence-electron chi connectivity index (χ3n) is 4.29. The lowest BCUT2D eigenvalue weighted by Crippen LogP contribution is -3.13. The van der Waals surface area contributed by atoms with Gasteiger partial charge in [0, 0.05) is 24.0 Å². The normalized spacial score (nSPS) is 19.5. The average molecular weight is 318 g/mol. The molecule has 1 aliphatic carbocycles. The summed E-state index contributed by atoms with van der Waals surface area (Å²) in [5, 5.41) is 4.82. The van der Waals surface area contributed by atoms with Gasteiger partial charge < -0.3 is 9.64 Å². The Morgan fingerprint density at radius 2 is 1.95 bits per heavy atom. The van der Waals surface area contributed by atoms with Crippen molar-refractivity contribution in [2.75, 3.05) is 26.3 Å². The van der Waals surface area contributed by atoms with E-state index in [9.17, 15) is 0 Å². The van der Waals surface area contributed by atoms with Gasteiger partial charge >= 0.3 is 0 Å². The Kier molecular flexibility index (Phi) is 3.77. The topological polar surface area (TPSA) is 49.3 Å². The number of hydrogen-bond donors (Lipinski definition) is 1. The minimum Gasteiger partial charge on any atom is -0.370 e. The molecular formula is C15H20N5OS+. The summed E-state index contributed by atoms with van der Waals surface area (Å²) in [7, 11) is 0. The zero-order chi connectivity index (χ0) is 14.9. The van der Waals surface area contributed by atoms with Crippen LogP contribution in [0.25, 0.3) is 11.4 Å². The van der Waals surface area contributed by atoms with Crippen molar-refractivity contribution in [3.63, 3.8) is 0 Å². The van der Waals surface area contributed by atoms with Gasteiger partial charge in [-0.05, 0) is 37.2 Å². The number of nitrogens with zero attached hydrogens (tertiary/aromatic N) is 4. The predicted octanol–water partition coefficient (Wildman–Crippen LogP) is 0.684. The van der Waals surface area contributed by atoms with Gasteiger partial charge in [-0.15, -0.1) is 5.10 Å². The third kappa shape index (κ3) is 2.71. The maximum atomic E-state index is 5.70. The van der Waals surface area contributed by atoms with Gasteiger partial charge in [0.25, 0.3) is 0 Å². The second-order valence-electron chi connectivity index (χ2n) is 5.96. The van der Waals surface area contributed by atoms with Gasteiger partial charge in [0.05, 0.1) is 13.2 Å². The van der Waals surface area contributed by atoms with Crippen LogP contribution in [-0.2, 0) is 11.4 Å². The Balaban J connectivity index is 1.69. The molecule has 2 aromatic heterocycles. The molecule has 1 aliphatic heterocycles. The smallest absolute Gasteiger partial charge is 0.203 e. The van der Waals surface area contributed by atoms with Crippen molar-refractivity contribution >= 4 is 12.2 Å². The van der Waals surface area contributed by atoms with Crippen LogP contribution in [0.15, 0.2) is 24.5 Å². The van der Waals surface area contributed by atoms with Crippen molar-refractivity contribution in [3.8, 4) is 11.4 Å². The summed E-state index contributed by atoms with van der Waals surface area (Å²) in [5.74, 6) is 0.975. The Labute approximate surface area is 134 Å². The lowest BCUT2D eigenvalue weighted by Gasteiger charge is -2.23. The molecule has 2 aromatic rings. The SMILES string of the molecule is S=c1n(C[NH+]2CCOCC2)nc(-c2ccncc2)n1C1CC1. The van der Waals surface area contributed by atoms with Gasteiger partial charge in [-0.1, -0.05) is 0 Å². The first-order valence-electron chi connectivity index (χ1n) is 7.84. The maximum Gasteiger partial charge on any atom is 0.203 e. The van der Waals surface area contributed by atoms with Crippen molar-refractivity contribution in [1.82, 2.24) is 19.3 Å². The van der Waals surface area contributed by atoms with E-state index in [0.29, 0.717) is 6.04 Å². The number of ether oxygens (including phenoxy) is 1. The zero-order valence-corrected chi connectivity index (χ0v) is 13.3. The summed E-state index contributed by atoms with van der Waals surface area (Å²) < 4.78 is 10.5. The molecule has 4 rings (SSSR count). The van der Waals surface area contributed by atoms with Gasteiger partial charge in [-0.2, -0.15) is 4.68 Å². The van der Waals surface area contributed by atoms with Gasteiger partial charge in [0.15, 0.2) is 12.5 Å². The fourth-order valence-corrected chi connectivity index (χ4v) is 3.25. The van der Waals surface area contributed by atoms with E-state index in [0.717, 1.165) is 49.1 Å². The van der Waals surface area contributed by atoms with E-state index in [1.165, 1.54) is 17.7 Å². The van der Waals surface area contributed by atoms with Crippen LogP contribution in [0.3, 0.4) is 0 Å². The first-order valence-corrected chi connectivity index (χ1v) is 8.25. The van der Waals surface area contributed by atoms with Crippen molar-refractivity contribution in [3.05, 3.63) is 29.3 Å². The molecule has 3 heterocycles. The van der Waals surface area contributed by atoms with E-state index < -0.39 is 0 Å². The summed E-state index contributed by atoms with van der Waals surface area (Å²) >= 11 is 5.70. The molecule has 1 saturated heterocycles. The minimum absolute atomic E-state index is 0.518. The van der Waals surface area contributed by atoms with E-state index in [1.807, 2.05) is 29.2 Å². The van der Waals surface area contributed by atoms with E-state index in [2.05, 4.69) is 9.55 Å². The second kappa shape index (κ2) is 5.91. The van der Waals surface area contributed by atoms with Crippen molar-refractivity contribution < 1.29 is 9.64 Å². The molecule has 2 aliphatic rings. The molecule has 1 N–H and O–H groups in total. The quantitative estimate of drug-likeness (QED) is 0.843. The van der Waals surface area contributed by atoms with Crippen LogP contribution in [0.1, 0.15) is 18.9 Å². The molecule has 116 valence electrons. The van der Waals surface area contributed by atoms with Crippen molar-refractivity contribution in [2.24, 2.45) is 0 Å². The lowest BCUT2D eigenvalue weighted by atomic mass is 10.2. The summed E-state index contributed by atoms with van der Waals surface area (Å²) in [6.45, 7) is 4.50. The van der Waals surface area contributed by atoms with E-state index in [1.54, 1.807) is 0 Å². The highest BCUT2D eigenvalue weighted by Crippen LogP contribution is 2.38. The summed E-state index contributed by atoms with van der Waals surface area (Å²) in [6, 6.07) is 4.52. The number of hydrogen-bond acceptors (Lipinski definition) is 4. The first-order chi connectivity index (χ1) is 10.8. The molecule has 22 heavy (non-hydrogen) atoms. The molecule has 0 amide bonds. The number of aromatic nitrogens is 4. The Morgan fingerprint density at radius 3 is 2.64 bits per heavy atom. The number of quaternary nitrogens is 1. The fourth-order valence-electron chi connectivity index (χ4n) is 2.91. The average Bonchev–Trinajstić information content (AvgIpc) is 3.35. The second-order valence-corrected chi connectivity index (χ2v) is 6.33. The predicted molar refractivity (Wildman–Crippen MR) is 84.1 cm³/mol. The van der Waals surface area contributed by atoms with Crippen molar-refractivity contribution in [1.29, 1.82) is 0 Å². The number of morpholine rings is 1. The Hall–Kier alpha value is -1.57. The number of nitrogens with one attached hydrogen (secondary N) is 1. The molecule has 1 saturated carbocycles. The third-order valence-corrected chi connectivity index (χ3v) is 4.70. The van der Waals surface area contributed by atoms with Gasteiger partial charge in [-0.3, -0.25) is 9.55 Å². The maximum absolute atomic E-state index is 5.70. The van der Waals surface area contributed by atoms with E-state index in [4.69, 9.17) is 22.1 Å². The standard InChI is InChI=1S/C15H19N5OS/c22-15-19(11-18-7-9-21-10-8-18)17-14(20(15)13-1-2-13)12-3-5-16-6-4-12/h3-6,13H,1-2,7-11H2/p+1. The van der Waals surface area contributed by atoms with Crippen LogP contribution in [0.2, 0.25) is 0 Å². The molecule has 0 bridgehead atoms. The molecular weight excluding hydrogens is 298 g/mol. The van der Waals surface area contributed by atoms with Crippen LogP contribution in [-0.4, -0.2) is 45.6 Å². The van der Waals surface area contributed by atoms with Gasteiger partial charge in [-0.25, -0.2) is 0 Å². The van der Waals surface area contributed by atoms with Gasteiger partial charge in [0.2, 0.25) is 4.77 Å². The number of pyridine rings is 1. The molecule has 0 aromatic carbocycles. The largest absolute Gasteiger partial charge is 0.370 e. The molecule has 0 atom stereocenters. The molecule has 0 unspecified atom stereocenters. The van der Waals surface area contributed by atoms with Crippen LogP contribution in [0.5, 0.6) is 0 Å². The van der Waals surface area contributed by atoms with Crippen molar-refractivity contribution in [2.45, 2.75) is 25.6 Å². The van der Waals surface area contributed by atoms with E-state index in [-0.39, 0.29) is 0 Å². The van der Waals surface area contributed by atoms with Gasteiger partial charge in [0.1, 0.15) is 13.1 Å². The highest BCUT2D eigenvalue weighted by molar-refractivity contribution is 7.71. The monoisotopic (exact) mass is 318 g/mol. The molecule has 6 nitrogen and oxygen atoms in total. The summed E-state index contributed by atoms with van der Waals surface area (Å²) in [6.07, 6.45) is 6.01. The lowest BCUT2D eigenvalue weighted by molar-refractivity contribution is -0.930. The molecule has 2 fully saturated rings. The van der Waals surface area contributed by atoms with Crippen LogP contribution < -0.4 is 4.90 Å². The molecule has 0 radical (unpaired) electrons. The summed E-state index contributed by atoms with van der Waals surface area (Å²) in [5.41, 5.74) is 1.09. The highest BCUT2D eigenvalue weighted by Gasteiger charge is 2.29. The summed E-state index contributed by atoms with van der Waals surface area (Å²) in [4.78, 5) is 5.57. The van der Waals surface area contributed by atoms with E-state index >= 15 is 0 Å². The molecule has 0 spiro atoms. The Bertz CT molecular complexity index is 700. The van der Waals surface area contributed by atoms with Crippen LogP contribution in [0.4, 0.5) is 0 Å². The number of rotatable bonds is 4. The zero-order valence-electron chi connectivity index (χ0n) is 12.4. The highest BCUT2D eigenvalue weighted by atomic mass is 32.1. The minimum atomic E-state index is 0.518. The first kappa shape index (κ1) is 14.0.